The smallest absolute Gasteiger partial charge is 0.408 e. The first-order valence-corrected chi connectivity index (χ1v) is 11.7. The van der Waals surface area contributed by atoms with Gasteiger partial charge in [-0.3, -0.25) is 4.79 Å². The Morgan fingerprint density at radius 3 is 2.21 bits per heavy atom. The van der Waals surface area contributed by atoms with Gasteiger partial charge < -0.3 is 25.2 Å². The Hall–Kier alpha value is -3.39. The van der Waals surface area contributed by atoms with Crippen molar-refractivity contribution in [1.82, 2.24) is 10.6 Å². The molecule has 180 valence electrons. The number of hydrogen-bond donors (Lipinski definition) is 3. The van der Waals surface area contributed by atoms with Crippen LogP contribution in [0.2, 0.25) is 0 Å². The van der Waals surface area contributed by atoms with E-state index in [1.807, 2.05) is 43.3 Å². The van der Waals surface area contributed by atoms with E-state index in [0.29, 0.717) is 12.8 Å². The molecule has 0 unspecified atom stereocenters. The van der Waals surface area contributed by atoms with E-state index >= 15 is 0 Å². The predicted molar refractivity (Wildman–Crippen MR) is 125 cm³/mol. The van der Waals surface area contributed by atoms with Gasteiger partial charge in [-0.15, -0.1) is 0 Å². The lowest BCUT2D eigenvalue weighted by Crippen LogP contribution is -2.63. The fourth-order valence-electron chi connectivity index (χ4n) is 4.80. The van der Waals surface area contributed by atoms with Crippen LogP contribution in [0.4, 0.5) is 4.79 Å². The van der Waals surface area contributed by atoms with Gasteiger partial charge in [-0.2, -0.15) is 0 Å². The molecular weight excluding hydrogens is 436 g/mol. The predicted octanol–water partition coefficient (Wildman–Crippen LogP) is 3.44. The lowest BCUT2D eigenvalue weighted by atomic mass is 9.88. The molecule has 1 atom stereocenters. The van der Waals surface area contributed by atoms with Crippen LogP contribution in [0.15, 0.2) is 48.5 Å². The van der Waals surface area contributed by atoms with E-state index in [9.17, 15) is 19.5 Å². The maximum Gasteiger partial charge on any atom is 0.408 e. The summed E-state index contributed by atoms with van der Waals surface area (Å²) in [7, 11) is 0. The Kier molecular flexibility index (Phi) is 7.17. The van der Waals surface area contributed by atoms with Gasteiger partial charge in [-0.25, -0.2) is 9.59 Å². The van der Waals surface area contributed by atoms with E-state index in [4.69, 9.17) is 9.47 Å². The molecule has 34 heavy (non-hydrogen) atoms. The average Bonchev–Trinajstić information content (AvgIpc) is 3.16. The molecule has 1 aliphatic carbocycles. The molecule has 2 aromatic carbocycles. The monoisotopic (exact) mass is 466 g/mol. The number of hydrogen-bond acceptors (Lipinski definition) is 5. The molecule has 2 aliphatic rings. The first-order chi connectivity index (χ1) is 16.4. The molecule has 2 amide bonds. The van der Waals surface area contributed by atoms with Gasteiger partial charge in [0, 0.05) is 32.0 Å². The van der Waals surface area contributed by atoms with Crippen molar-refractivity contribution in [3.8, 4) is 11.1 Å². The standard InChI is InChI=1S/C26H30N2O6/c1-2-7-22(23(29)30)27-24(31)26(12-14-33-15-13-26)28-25(32)34-16-21-19-10-5-3-8-17(19)18-9-4-6-11-20(18)21/h3-6,8-11,21-22H,2,7,12-16H2,1H3,(H,27,31)(H,28,32)(H,29,30)/t22-/m0/s1. The number of amides is 2. The van der Waals surface area contributed by atoms with Crippen LogP contribution in [0.25, 0.3) is 11.1 Å². The highest BCUT2D eigenvalue weighted by Crippen LogP contribution is 2.44. The van der Waals surface area contributed by atoms with E-state index in [1.165, 1.54) is 0 Å². The Balaban J connectivity index is 1.46. The van der Waals surface area contributed by atoms with Crippen LogP contribution < -0.4 is 10.6 Å². The fraction of sp³-hybridized carbons (Fsp3) is 0.423. The molecule has 4 rings (SSSR count). The summed E-state index contributed by atoms with van der Waals surface area (Å²) in [5.41, 5.74) is 3.17. The van der Waals surface area contributed by atoms with Crippen LogP contribution in [0.5, 0.6) is 0 Å². The van der Waals surface area contributed by atoms with E-state index in [-0.39, 0.29) is 38.6 Å². The van der Waals surface area contributed by atoms with Crippen molar-refractivity contribution in [1.29, 1.82) is 0 Å². The number of nitrogens with one attached hydrogen (secondary N) is 2. The van der Waals surface area contributed by atoms with Crippen molar-refractivity contribution < 1.29 is 29.0 Å². The molecule has 0 spiro atoms. The van der Waals surface area contributed by atoms with Gasteiger partial charge in [0.2, 0.25) is 5.91 Å². The Bertz CT molecular complexity index is 1020. The van der Waals surface area contributed by atoms with Crippen LogP contribution in [-0.2, 0) is 19.1 Å². The fourth-order valence-corrected chi connectivity index (χ4v) is 4.80. The van der Waals surface area contributed by atoms with Gasteiger partial charge >= 0.3 is 12.1 Å². The summed E-state index contributed by atoms with van der Waals surface area (Å²) in [4.78, 5) is 37.5. The molecule has 0 bridgehead atoms. The Labute approximate surface area is 198 Å². The molecule has 0 aromatic heterocycles. The Morgan fingerprint density at radius 2 is 1.65 bits per heavy atom. The van der Waals surface area contributed by atoms with E-state index < -0.39 is 29.6 Å². The number of ether oxygens (including phenoxy) is 2. The highest BCUT2D eigenvalue weighted by molar-refractivity contribution is 5.93. The van der Waals surface area contributed by atoms with Gasteiger partial charge in [-0.05, 0) is 28.7 Å². The number of rotatable bonds is 8. The number of carboxylic acids is 1. The number of aliphatic carboxylic acids is 1. The topological polar surface area (TPSA) is 114 Å². The van der Waals surface area contributed by atoms with Gasteiger partial charge in [0.05, 0.1) is 0 Å². The van der Waals surface area contributed by atoms with Crippen LogP contribution in [0, 0.1) is 0 Å². The molecule has 8 heteroatoms. The van der Waals surface area contributed by atoms with Crippen LogP contribution >= 0.6 is 0 Å². The molecule has 0 saturated carbocycles. The minimum absolute atomic E-state index is 0.0986. The number of carboxylic acid groups (broad SMARTS) is 1. The third-order valence-electron chi connectivity index (χ3n) is 6.65. The zero-order chi connectivity index (χ0) is 24.1. The third kappa shape index (κ3) is 4.77. The zero-order valence-corrected chi connectivity index (χ0v) is 19.2. The maximum atomic E-state index is 13.1. The molecule has 1 aliphatic heterocycles. The third-order valence-corrected chi connectivity index (χ3v) is 6.65. The molecule has 1 saturated heterocycles. The normalized spacial score (nSPS) is 17.2. The molecule has 3 N–H and O–H groups in total. The van der Waals surface area contributed by atoms with E-state index in [2.05, 4.69) is 22.8 Å². The van der Waals surface area contributed by atoms with Crippen molar-refractivity contribution in [3.63, 3.8) is 0 Å². The number of benzene rings is 2. The second-order valence-corrected chi connectivity index (χ2v) is 8.80. The first kappa shape index (κ1) is 23.8. The minimum Gasteiger partial charge on any atom is -0.480 e. The van der Waals surface area contributed by atoms with Crippen molar-refractivity contribution >= 4 is 18.0 Å². The number of carbonyl (C=O) groups is 3. The molecule has 0 radical (unpaired) electrons. The van der Waals surface area contributed by atoms with Crippen LogP contribution in [0.3, 0.4) is 0 Å². The number of carbonyl (C=O) groups excluding carboxylic acids is 2. The second-order valence-electron chi connectivity index (χ2n) is 8.80. The van der Waals surface area contributed by atoms with Crippen molar-refractivity contribution in [2.45, 2.75) is 50.1 Å². The van der Waals surface area contributed by atoms with Crippen molar-refractivity contribution in [2.75, 3.05) is 19.8 Å². The van der Waals surface area contributed by atoms with E-state index in [0.717, 1.165) is 22.3 Å². The highest BCUT2D eigenvalue weighted by Gasteiger charge is 2.43. The number of fused-ring (bicyclic) bond motifs is 3. The zero-order valence-electron chi connectivity index (χ0n) is 19.2. The summed E-state index contributed by atoms with van der Waals surface area (Å²) in [6.45, 7) is 2.54. The summed E-state index contributed by atoms with van der Waals surface area (Å²) in [6.07, 6.45) is 0.677. The van der Waals surface area contributed by atoms with Gasteiger partial charge in [0.25, 0.3) is 0 Å². The lowest BCUT2D eigenvalue weighted by molar-refractivity contribution is -0.144. The van der Waals surface area contributed by atoms with Crippen molar-refractivity contribution in [2.24, 2.45) is 0 Å². The summed E-state index contributed by atoms with van der Waals surface area (Å²) in [5.74, 6) is -1.72. The molecule has 2 aromatic rings. The summed E-state index contributed by atoms with van der Waals surface area (Å²) < 4.78 is 11.0. The van der Waals surface area contributed by atoms with Crippen LogP contribution in [0.1, 0.15) is 49.7 Å². The van der Waals surface area contributed by atoms with Gasteiger partial charge in [0.1, 0.15) is 18.2 Å². The minimum atomic E-state index is -1.28. The quantitative estimate of drug-likeness (QED) is 0.549. The van der Waals surface area contributed by atoms with Crippen molar-refractivity contribution in [3.05, 3.63) is 59.7 Å². The van der Waals surface area contributed by atoms with E-state index in [1.54, 1.807) is 0 Å². The average molecular weight is 467 g/mol. The number of alkyl carbamates (subject to hydrolysis) is 1. The van der Waals surface area contributed by atoms with Crippen LogP contribution in [-0.4, -0.2) is 54.5 Å². The lowest BCUT2D eigenvalue weighted by Gasteiger charge is -2.36. The second kappa shape index (κ2) is 10.3. The molecule has 1 fully saturated rings. The SMILES string of the molecule is CCC[C@H](NC(=O)C1(NC(=O)OCC2c3ccccc3-c3ccccc32)CCOCC1)C(=O)O. The largest absolute Gasteiger partial charge is 0.480 e. The van der Waals surface area contributed by atoms with Gasteiger partial charge in [0.15, 0.2) is 0 Å². The summed E-state index contributed by atoms with van der Waals surface area (Å²) in [5, 5.41) is 14.8. The molecular formula is C26H30N2O6. The molecule has 1 heterocycles. The first-order valence-electron chi connectivity index (χ1n) is 11.7. The van der Waals surface area contributed by atoms with Gasteiger partial charge in [-0.1, -0.05) is 61.9 Å². The Morgan fingerprint density at radius 1 is 1.06 bits per heavy atom. The summed E-state index contributed by atoms with van der Waals surface area (Å²) >= 11 is 0. The molecule has 8 nitrogen and oxygen atoms in total. The maximum absolute atomic E-state index is 13.1. The highest BCUT2D eigenvalue weighted by atomic mass is 16.5. The summed E-state index contributed by atoms with van der Waals surface area (Å²) in [6, 6.07) is 15.1.